The normalized spacial score (nSPS) is 15.5. The number of fused-ring (bicyclic) bond motifs is 1. The summed E-state index contributed by atoms with van der Waals surface area (Å²) in [7, 11) is -2.29. The number of halogens is 2. The summed E-state index contributed by atoms with van der Waals surface area (Å²) in [6.07, 6.45) is 0.0343. The van der Waals surface area contributed by atoms with Gasteiger partial charge in [-0.05, 0) is 30.7 Å². The second-order valence-electron chi connectivity index (χ2n) is 9.67. The first kappa shape index (κ1) is 25.5. The minimum atomic E-state index is -2.29. The molecule has 8 nitrogen and oxygen atoms in total. The minimum absolute atomic E-state index is 0.0775. The molecule has 1 aromatic carbocycles. The molecule has 0 spiro atoms. The van der Waals surface area contributed by atoms with Crippen LogP contribution in [0.5, 0.6) is 5.88 Å². The maximum atomic E-state index is 14.8. The maximum absolute atomic E-state index is 14.8. The second kappa shape index (κ2) is 9.80. The van der Waals surface area contributed by atoms with Gasteiger partial charge in [0.25, 0.3) is 11.5 Å². The van der Waals surface area contributed by atoms with Crippen LogP contribution < -0.4 is 15.5 Å². The molecule has 190 valence electrons. The lowest BCUT2D eigenvalue weighted by atomic mass is 9.90. The van der Waals surface area contributed by atoms with Gasteiger partial charge in [-0.15, -0.1) is 0 Å². The Hall–Kier alpha value is -3.60. The molecule has 11 heteroatoms. The Morgan fingerprint density at radius 1 is 1.19 bits per heavy atom. The standard InChI is InChI=1S/C25H27F2N3O5Si/c1-5-34-22-7-6-15-18(28-22)8-9-30(25(33)20-13-21(32)29-35-20)23(15)19(31)12-14-10-16(26)24(17(27)11-14)36(2,3)4/h6-7,10-11,13,23H,5,8-9,12H2,1-4H3,(H,29,32)/t23-/m0/s1. The molecule has 3 heterocycles. The molecule has 1 amide bonds. The van der Waals surface area contributed by atoms with Crippen molar-refractivity contribution in [3.8, 4) is 5.88 Å². The van der Waals surface area contributed by atoms with Crippen LogP contribution in [0, 0.1) is 11.6 Å². The minimum Gasteiger partial charge on any atom is -0.478 e. The monoisotopic (exact) mass is 515 g/mol. The number of aromatic nitrogens is 2. The number of nitrogens with zero attached hydrogens (tertiary/aromatic N) is 2. The molecule has 1 aliphatic heterocycles. The SMILES string of the molecule is CCOc1ccc2c(n1)CCN(C(=O)c1cc(=O)[nH]o1)[C@@H]2C(=O)Cc1cc(F)c([Si](C)(C)C)c(F)c1. The van der Waals surface area contributed by atoms with Gasteiger partial charge in [0.2, 0.25) is 11.6 Å². The van der Waals surface area contributed by atoms with Gasteiger partial charge in [0, 0.05) is 36.2 Å². The van der Waals surface area contributed by atoms with Crippen molar-refractivity contribution in [3.63, 3.8) is 0 Å². The molecule has 2 aromatic heterocycles. The smallest absolute Gasteiger partial charge is 0.293 e. The number of rotatable bonds is 7. The number of Topliss-reactive ketones (excluding diaryl/α,β-unsaturated/α-hetero) is 1. The lowest BCUT2D eigenvalue weighted by Gasteiger charge is -2.35. The Balaban J connectivity index is 1.72. The summed E-state index contributed by atoms with van der Waals surface area (Å²) < 4.78 is 40.1. The quantitative estimate of drug-likeness (QED) is 0.485. The highest BCUT2D eigenvalue weighted by Gasteiger charge is 2.38. The Morgan fingerprint density at radius 2 is 1.89 bits per heavy atom. The maximum Gasteiger partial charge on any atom is 0.293 e. The first-order valence-electron chi connectivity index (χ1n) is 11.6. The Bertz CT molecular complexity index is 1360. The van der Waals surface area contributed by atoms with E-state index in [2.05, 4.69) is 10.1 Å². The number of ether oxygens (including phenoxy) is 1. The number of carbonyl (C=O) groups excluding carboxylic acids is 2. The van der Waals surface area contributed by atoms with Crippen molar-refractivity contribution in [2.75, 3.05) is 13.2 Å². The van der Waals surface area contributed by atoms with Crippen LogP contribution in [0.15, 0.2) is 39.6 Å². The van der Waals surface area contributed by atoms with E-state index in [4.69, 9.17) is 9.26 Å². The molecule has 0 fully saturated rings. The summed E-state index contributed by atoms with van der Waals surface area (Å²) in [5, 5.41) is 2.15. The molecule has 1 aliphatic rings. The van der Waals surface area contributed by atoms with Crippen LogP contribution in [0.25, 0.3) is 0 Å². The molecule has 0 aliphatic carbocycles. The van der Waals surface area contributed by atoms with Crippen molar-refractivity contribution in [2.24, 2.45) is 0 Å². The summed E-state index contributed by atoms with van der Waals surface area (Å²) in [6, 6.07) is 5.56. The molecule has 4 rings (SSSR count). The Kier molecular flexibility index (Phi) is 6.94. The lowest BCUT2D eigenvalue weighted by Crippen LogP contribution is -2.44. The van der Waals surface area contributed by atoms with Crippen molar-refractivity contribution in [1.82, 2.24) is 15.0 Å². The fourth-order valence-corrected chi connectivity index (χ4v) is 6.11. The number of hydrogen-bond acceptors (Lipinski definition) is 6. The highest BCUT2D eigenvalue weighted by atomic mass is 28.3. The third-order valence-corrected chi connectivity index (χ3v) is 7.98. The zero-order valence-electron chi connectivity index (χ0n) is 20.5. The third-order valence-electron chi connectivity index (χ3n) is 6.00. The molecule has 0 bridgehead atoms. The van der Waals surface area contributed by atoms with Crippen LogP contribution >= 0.6 is 0 Å². The van der Waals surface area contributed by atoms with Crippen LogP contribution in [0.4, 0.5) is 8.78 Å². The van der Waals surface area contributed by atoms with Crippen molar-refractivity contribution >= 4 is 25.0 Å². The van der Waals surface area contributed by atoms with Crippen LogP contribution in [0.1, 0.15) is 40.3 Å². The molecule has 0 saturated heterocycles. The molecule has 3 aromatic rings. The van der Waals surface area contributed by atoms with E-state index < -0.39 is 43.0 Å². The summed E-state index contributed by atoms with van der Waals surface area (Å²) >= 11 is 0. The number of ketones is 1. The van der Waals surface area contributed by atoms with Crippen LogP contribution in [0.2, 0.25) is 19.6 Å². The van der Waals surface area contributed by atoms with Gasteiger partial charge in [-0.2, -0.15) is 5.16 Å². The number of H-pyrrole nitrogens is 1. The van der Waals surface area contributed by atoms with Crippen LogP contribution in [0.3, 0.4) is 0 Å². The lowest BCUT2D eigenvalue weighted by molar-refractivity contribution is -0.123. The van der Waals surface area contributed by atoms with Gasteiger partial charge in [-0.1, -0.05) is 19.6 Å². The van der Waals surface area contributed by atoms with Crippen molar-refractivity contribution in [1.29, 1.82) is 0 Å². The molecular formula is C25H27F2N3O5Si. The zero-order valence-corrected chi connectivity index (χ0v) is 21.5. The topological polar surface area (TPSA) is 106 Å². The molecular weight excluding hydrogens is 488 g/mol. The van der Waals surface area contributed by atoms with Gasteiger partial charge in [-0.25, -0.2) is 13.8 Å². The van der Waals surface area contributed by atoms with E-state index in [0.29, 0.717) is 30.2 Å². The fraction of sp³-hybridized carbons (Fsp3) is 0.360. The highest BCUT2D eigenvalue weighted by Crippen LogP contribution is 2.33. The van der Waals surface area contributed by atoms with Gasteiger partial charge < -0.3 is 14.2 Å². The third kappa shape index (κ3) is 5.01. The van der Waals surface area contributed by atoms with Crippen molar-refractivity contribution < 1.29 is 27.6 Å². The van der Waals surface area contributed by atoms with Gasteiger partial charge >= 0.3 is 0 Å². The fourth-order valence-electron chi connectivity index (χ4n) is 4.53. The van der Waals surface area contributed by atoms with Gasteiger partial charge in [0.15, 0.2) is 5.78 Å². The summed E-state index contributed by atoms with van der Waals surface area (Å²) in [4.78, 5) is 44.1. The molecule has 0 unspecified atom stereocenters. The van der Waals surface area contributed by atoms with Crippen LogP contribution in [-0.2, 0) is 17.6 Å². The van der Waals surface area contributed by atoms with E-state index >= 15 is 0 Å². The second-order valence-corrected chi connectivity index (χ2v) is 14.7. The van der Waals surface area contributed by atoms with Crippen molar-refractivity contribution in [3.05, 3.63) is 74.9 Å². The molecule has 36 heavy (non-hydrogen) atoms. The first-order chi connectivity index (χ1) is 17.0. The molecule has 1 atom stereocenters. The number of benzene rings is 1. The van der Waals surface area contributed by atoms with E-state index in [9.17, 15) is 23.2 Å². The number of nitrogens with one attached hydrogen (secondary N) is 1. The van der Waals surface area contributed by atoms with Crippen molar-refractivity contribution in [2.45, 2.75) is 45.4 Å². The van der Waals surface area contributed by atoms with E-state index in [-0.39, 0.29) is 29.5 Å². The largest absolute Gasteiger partial charge is 0.478 e. The number of carbonyl (C=O) groups is 2. The number of aromatic amines is 1. The zero-order chi connectivity index (χ0) is 26.2. The number of amides is 1. The van der Waals surface area contributed by atoms with E-state index in [1.165, 1.54) is 17.0 Å². The van der Waals surface area contributed by atoms with E-state index in [1.807, 2.05) is 26.6 Å². The van der Waals surface area contributed by atoms with Crippen LogP contribution in [-0.4, -0.2) is 48.0 Å². The van der Waals surface area contributed by atoms with E-state index in [1.54, 1.807) is 12.1 Å². The Morgan fingerprint density at radius 3 is 2.47 bits per heavy atom. The Labute approximate surface area is 207 Å². The average Bonchev–Trinajstić information content (AvgIpc) is 3.22. The summed E-state index contributed by atoms with van der Waals surface area (Å²) in [5.41, 5.74) is 0.657. The molecule has 0 radical (unpaired) electrons. The highest BCUT2D eigenvalue weighted by molar-refractivity contribution is 6.88. The number of pyridine rings is 1. The van der Waals surface area contributed by atoms with E-state index in [0.717, 1.165) is 6.07 Å². The van der Waals surface area contributed by atoms with Gasteiger partial charge in [0.1, 0.15) is 17.7 Å². The first-order valence-corrected chi connectivity index (χ1v) is 15.1. The van der Waals surface area contributed by atoms with Gasteiger partial charge in [-0.3, -0.25) is 14.4 Å². The predicted molar refractivity (Wildman–Crippen MR) is 130 cm³/mol. The van der Waals surface area contributed by atoms with Gasteiger partial charge in [0.05, 0.1) is 26.4 Å². The summed E-state index contributed by atoms with van der Waals surface area (Å²) in [5.74, 6) is -2.30. The molecule has 1 N–H and O–H groups in total. The number of hydrogen-bond donors (Lipinski definition) is 1. The predicted octanol–water partition coefficient (Wildman–Crippen LogP) is 3.14. The molecule has 0 saturated carbocycles. The average molecular weight is 516 g/mol. The summed E-state index contributed by atoms with van der Waals surface area (Å²) in [6.45, 7) is 7.87.